The number of carbonyl (C=O) groups excluding carboxylic acids is 1. The number of hydrogen-bond acceptors (Lipinski definition) is 2. The Labute approximate surface area is 208 Å². The van der Waals surface area contributed by atoms with Crippen LogP contribution in [0, 0.1) is 3.57 Å². The van der Waals surface area contributed by atoms with Gasteiger partial charge in [0.25, 0.3) is 5.91 Å². The summed E-state index contributed by atoms with van der Waals surface area (Å²) in [4.78, 5) is 15.3. The fraction of sp³-hybridized carbons (Fsp3) is 0. The van der Waals surface area contributed by atoms with E-state index in [0.717, 1.165) is 36.3 Å². The number of furan rings is 1. The van der Waals surface area contributed by atoms with Gasteiger partial charge < -0.3 is 4.42 Å². The monoisotopic (exact) mass is 593 g/mol. The van der Waals surface area contributed by atoms with Gasteiger partial charge in [-0.2, -0.15) is 0 Å². The van der Waals surface area contributed by atoms with E-state index in [4.69, 9.17) is 4.42 Å². The Morgan fingerprint density at radius 3 is 2.28 bits per heavy atom. The molecular formula is C27H17BrINO2. The van der Waals surface area contributed by atoms with Crippen molar-refractivity contribution in [2.24, 2.45) is 0 Å². The number of benzene rings is 3. The molecule has 32 heavy (non-hydrogen) atoms. The molecule has 3 aromatic carbocycles. The summed E-state index contributed by atoms with van der Waals surface area (Å²) in [6.45, 7) is 0. The third-order valence-electron chi connectivity index (χ3n) is 5.20. The topological polar surface area (TPSA) is 33.5 Å². The molecule has 0 radical (unpaired) electrons. The number of rotatable bonds is 4. The predicted molar refractivity (Wildman–Crippen MR) is 141 cm³/mol. The highest BCUT2D eigenvalue weighted by Crippen LogP contribution is 2.37. The quantitative estimate of drug-likeness (QED) is 0.179. The van der Waals surface area contributed by atoms with Crippen molar-refractivity contribution in [2.45, 2.75) is 0 Å². The Morgan fingerprint density at radius 2 is 1.53 bits per heavy atom. The molecule has 1 aliphatic heterocycles. The molecule has 3 nitrogen and oxygen atoms in total. The molecule has 0 unspecified atom stereocenters. The molecule has 0 atom stereocenters. The summed E-state index contributed by atoms with van der Waals surface area (Å²) in [5, 5.41) is 0. The lowest BCUT2D eigenvalue weighted by atomic mass is 10.1. The number of hydrogen-bond donors (Lipinski definition) is 0. The fourth-order valence-corrected chi connectivity index (χ4v) is 4.55. The lowest BCUT2D eigenvalue weighted by molar-refractivity contribution is -0.113. The van der Waals surface area contributed by atoms with E-state index in [0.29, 0.717) is 11.3 Å². The first-order chi connectivity index (χ1) is 15.6. The Balaban J connectivity index is 1.55. The molecule has 0 saturated carbocycles. The molecule has 156 valence electrons. The van der Waals surface area contributed by atoms with E-state index in [1.165, 1.54) is 0 Å². The van der Waals surface area contributed by atoms with Crippen molar-refractivity contribution in [1.82, 2.24) is 0 Å². The molecule has 1 aliphatic rings. The Bertz CT molecular complexity index is 1350. The van der Waals surface area contributed by atoms with Crippen LogP contribution in [0.25, 0.3) is 23.1 Å². The molecule has 0 aliphatic carbocycles. The minimum atomic E-state index is -0.0745. The van der Waals surface area contributed by atoms with Crippen molar-refractivity contribution in [3.8, 4) is 11.3 Å². The summed E-state index contributed by atoms with van der Waals surface area (Å²) in [6, 6.07) is 29.6. The van der Waals surface area contributed by atoms with E-state index in [-0.39, 0.29) is 5.91 Å². The summed E-state index contributed by atoms with van der Waals surface area (Å²) < 4.78 is 8.06. The van der Waals surface area contributed by atoms with Crippen molar-refractivity contribution >= 4 is 61.9 Å². The maximum Gasteiger partial charge on any atom is 0.263 e. The second kappa shape index (κ2) is 8.92. The van der Waals surface area contributed by atoms with Gasteiger partial charge in [-0.05, 0) is 76.7 Å². The number of para-hydroxylation sites is 1. The third kappa shape index (κ3) is 4.10. The normalized spacial score (nSPS) is 14.8. The number of carbonyl (C=O) groups is 1. The average Bonchev–Trinajstić information content (AvgIpc) is 3.41. The van der Waals surface area contributed by atoms with Crippen molar-refractivity contribution in [2.75, 3.05) is 4.90 Å². The summed E-state index contributed by atoms with van der Waals surface area (Å²) >= 11 is 5.72. The molecule has 2 heterocycles. The average molecular weight is 594 g/mol. The maximum absolute atomic E-state index is 13.5. The lowest BCUT2D eigenvalue weighted by Gasteiger charge is -2.22. The van der Waals surface area contributed by atoms with Crippen LogP contribution in [-0.4, -0.2) is 5.91 Å². The molecule has 5 heteroatoms. The molecule has 1 amide bonds. The summed E-state index contributed by atoms with van der Waals surface area (Å²) in [5.41, 5.74) is 4.27. The van der Waals surface area contributed by atoms with Gasteiger partial charge in [0.2, 0.25) is 0 Å². The largest absolute Gasteiger partial charge is 0.457 e. The van der Waals surface area contributed by atoms with E-state index < -0.39 is 0 Å². The first kappa shape index (κ1) is 21.0. The molecule has 0 spiro atoms. The Morgan fingerprint density at radius 1 is 0.812 bits per heavy atom. The number of halogens is 2. The molecule has 4 aromatic rings. The summed E-state index contributed by atoms with van der Waals surface area (Å²) in [6.07, 6.45) is 3.74. The molecular weight excluding hydrogens is 577 g/mol. The Hall–Kier alpha value is -2.90. The van der Waals surface area contributed by atoms with Gasteiger partial charge in [-0.3, -0.25) is 9.69 Å². The van der Waals surface area contributed by atoms with Crippen LogP contribution in [0.15, 0.2) is 112 Å². The van der Waals surface area contributed by atoms with Gasteiger partial charge in [0, 0.05) is 19.2 Å². The van der Waals surface area contributed by atoms with Gasteiger partial charge >= 0.3 is 0 Å². The first-order valence-corrected chi connectivity index (χ1v) is 11.9. The van der Waals surface area contributed by atoms with Crippen molar-refractivity contribution < 1.29 is 9.21 Å². The minimum Gasteiger partial charge on any atom is -0.457 e. The maximum atomic E-state index is 13.5. The van der Waals surface area contributed by atoms with Crippen LogP contribution in [0.4, 0.5) is 5.69 Å². The van der Waals surface area contributed by atoms with Gasteiger partial charge in [-0.1, -0.05) is 70.5 Å². The van der Waals surface area contributed by atoms with Gasteiger partial charge in [0.05, 0.1) is 11.4 Å². The standard InChI is InChI=1S/C27H17BrINO2/c28-21-12-10-19(11-13-21)26-15-14-22(32-26)16-20-17-25(18-6-2-1-3-7-18)30(27(20)31)24-9-5-4-8-23(24)29/h1-17H/b20-16+. The van der Waals surface area contributed by atoms with Crippen molar-refractivity contribution in [3.63, 3.8) is 0 Å². The second-order valence-corrected chi connectivity index (χ2v) is 9.37. The lowest BCUT2D eigenvalue weighted by Crippen LogP contribution is -2.25. The zero-order chi connectivity index (χ0) is 22.1. The van der Waals surface area contributed by atoms with E-state index >= 15 is 0 Å². The molecule has 1 aromatic heterocycles. The minimum absolute atomic E-state index is 0.0745. The van der Waals surface area contributed by atoms with E-state index in [1.54, 1.807) is 4.90 Å². The number of amides is 1. The molecule has 5 rings (SSSR count). The van der Waals surface area contributed by atoms with Crippen LogP contribution in [0.5, 0.6) is 0 Å². The summed E-state index contributed by atoms with van der Waals surface area (Å²) in [7, 11) is 0. The van der Waals surface area contributed by atoms with Crippen LogP contribution in [0.2, 0.25) is 0 Å². The highest BCUT2D eigenvalue weighted by atomic mass is 127. The van der Waals surface area contributed by atoms with Crippen LogP contribution in [0.3, 0.4) is 0 Å². The van der Waals surface area contributed by atoms with Crippen LogP contribution < -0.4 is 4.90 Å². The van der Waals surface area contributed by atoms with Crippen molar-refractivity contribution in [1.29, 1.82) is 0 Å². The van der Waals surface area contributed by atoms with Gasteiger partial charge in [-0.25, -0.2) is 0 Å². The molecule has 0 N–H and O–H groups in total. The van der Waals surface area contributed by atoms with E-state index in [1.807, 2.05) is 103 Å². The van der Waals surface area contributed by atoms with Crippen molar-refractivity contribution in [3.05, 3.63) is 122 Å². The highest BCUT2D eigenvalue weighted by Gasteiger charge is 2.31. The Kier molecular flexibility index (Phi) is 5.85. The fourth-order valence-electron chi connectivity index (χ4n) is 3.66. The zero-order valence-corrected chi connectivity index (χ0v) is 20.6. The smallest absolute Gasteiger partial charge is 0.263 e. The third-order valence-corrected chi connectivity index (χ3v) is 6.64. The first-order valence-electron chi connectivity index (χ1n) is 10.0. The van der Waals surface area contributed by atoms with Crippen LogP contribution in [0.1, 0.15) is 11.3 Å². The highest BCUT2D eigenvalue weighted by molar-refractivity contribution is 14.1. The summed E-state index contributed by atoms with van der Waals surface area (Å²) in [5.74, 6) is 1.32. The van der Waals surface area contributed by atoms with E-state index in [9.17, 15) is 4.79 Å². The van der Waals surface area contributed by atoms with E-state index in [2.05, 4.69) is 38.5 Å². The second-order valence-electron chi connectivity index (χ2n) is 7.30. The van der Waals surface area contributed by atoms with Gasteiger partial charge in [0.15, 0.2) is 0 Å². The van der Waals surface area contributed by atoms with Crippen LogP contribution >= 0.6 is 38.5 Å². The number of nitrogens with zero attached hydrogens (tertiary/aromatic N) is 1. The SMILES string of the molecule is O=C1/C(=C/c2ccc(-c3ccc(Br)cc3)o2)C=C(c2ccccc2)N1c1ccccc1I. The molecule has 0 bridgehead atoms. The molecule has 0 fully saturated rings. The van der Waals surface area contributed by atoms with Crippen LogP contribution in [-0.2, 0) is 4.79 Å². The van der Waals surface area contributed by atoms with Gasteiger partial charge in [-0.15, -0.1) is 0 Å². The molecule has 0 saturated heterocycles. The number of anilines is 1. The van der Waals surface area contributed by atoms with Gasteiger partial charge in [0.1, 0.15) is 11.5 Å². The predicted octanol–water partition coefficient (Wildman–Crippen LogP) is 7.79. The zero-order valence-electron chi connectivity index (χ0n) is 16.8.